The number of fused-ring (bicyclic) bond motifs is 1. The monoisotopic (exact) mass is 443 g/mol. The van der Waals surface area contributed by atoms with E-state index in [1.807, 2.05) is 24.3 Å². The zero-order chi connectivity index (χ0) is 20.4. The number of hydrogen-bond acceptors (Lipinski definition) is 6. The van der Waals surface area contributed by atoms with Crippen molar-refractivity contribution in [2.45, 2.75) is 11.1 Å². The number of aromatic nitrogens is 1. The fraction of sp³-hybridized carbons (Fsp3) is 0.100. The van der Waals surface area contributed by atoms with Crippen molar-refractivity contribution >= 4 is 54.5 Å². The SMILES string of the molecule is Cc1ccc2nc(-c3ccc(NC(=O)CNS(=O)(=O)c4cccs4)cc3)sc2c1. The van der Waals surface area contributed by atoms with Gasteiger partial charge in [0.15, 0.2) is 0 Å². The van der Waals surface area contributed by atoms with E-state index in [0.29, 0.717) is 5.69 Å². The summed E-state index contributed by atoms with van der Waals surface area (Å²) in [6.45, 7) is 1.72. The average molecular weight is 444 g/mol. The molecular weight excluding hydrogens is 426 g/mol. The Balaban J connectivity index is 1.40. The lowest BCUT2D eigenvalue weighted by Crippen LogP contribution is -2.32. The Morgan fingerprint density at radius 2 is 1.90 bits per heavy atom. The minimum atomic E-state index is -3.66. The lowest BCUT2D eigenvalue weighted by Gasteiger charge is -2.07. The Bertz CT molecular complexity index is 1260. The van der Waals surface area contributed by atoms with E-state index in [4.69, 9.17) is 0 Å². The van der Waals surface area contributed by atoms with Gasteiger partial charge in [0, 0.05) is 11.3 Å². The van der Waals surface area contributed by atoms with Crippen LogP contribution in [0.25, 0.3) is 20.8 Å². The second-order valence-corrected chi connectivity index (χ2v) is 10.3. The molecule has 0 saturated heterocycles. The molecule has 2 aromatic carbocycles. The maximum absolute atomic E-state index is 12.1. The highest BCUT2D eigenvalue weighted by Gasteiger charge is 2.16. The van der Waals surface area contributed by atoms with Gasteiger partial charge in [-0.25, -0.2) is 18.1 Å². The average Bonchev–Trinajstić information content (AvgIpc) is 3.37. The number of anilines is 1. The van der Waals surface area contributed by atoms with Gasteiger partial charge in [-0.15, -0.1) is 22.7 Å². The molecule has 2 aromatic heterocycles. The van der Waals surface area contributed by atoms with Gasteiger partial charge in [-0.05, 0) is 60.3 Å². The highest BCUT2D eigenvalue weighted by atomic mass is 32.2. The van der Waals surface area contributed by atoms with Crippen LogP contribution in [0.15, 0.2) is 64.2 Å². The summed E-state index contributed by atoms with van der Waals surface area (Å²) in [4.78, 5) is 16.7. The van der Waals surface area contributed by atoms with E-state index in [1.54, 1.807) is 34.9 Å². The molecule has 1 amide bonds. The molecule has 4 aromatic rings. The van der Waals surface area contributed by atoms with Crippen LogP contribution in [0.2, 0.25) is 0 Å². The lowest BCUT2D eigenvalue weighted by atomic mass is 10.2. The van der Waals surface area contributed by atoms with Crippen LogP contribution in [0.1, 0.15) is 5.56 Å². The topological polar surface area (TPSA) is 88.2 Å². The normalized spacial score (nSPS) is 11.6. The van der Waals surface area contributed by atoms with E-state index < -0.39 is 15.9 Å². The first kappa shape index (κ1) is 19.7. The Morgan fingerprint density at radius 1 is 1.10 bits per heavy atom. The number of nitrogens with zero attached hydrogens (tertiary/aromatic N) is 1. The third-order valence-corrected chi connectivity index (χ3v) is 8.01. The molecule has 0 aliphatic carbocycles. The highest BCUT2D eigenvalue weighted by molar-refractivity contribution is 7.91. The second kappa shape index (κ2) is 8.03. The molecule has 9 heteroatoms. The number of carbonyl (C=O) groups excluding carboxylic acids is 1. The Kier molecular flexibility index (Phi) is 5.46. The summed E-state index contributed by atoms with van der Waals surface area (Å²) in [5.74, 6) is -0.437. The molecule has 0 aliphatic heterocycles. The summed E-state index contributed by atoms with van der Waals surface area (Å²) < 4.78 is 27.7. The predicted octanol–water partition coefficient (Wildman–Crippen LogP) is 4.25. The van der Waals surface area contributed by atoms with Crippen LogP contribution in [0.3, 0.4) is 0 Å². The number of benzene rings is 2. The number of thiophene rings is 1. The van der Waals surface area contributed by atoms with Crippen LogP contribution in [0.4, 0.5) is 5.69 Å². The van der Waals surface area contributed by atoms with Gasteiger partial charge in [0.1, 0.15) is 9.22 Å². The molecule has 0 bridgehead atoms. The number of aryl methyl sites for hydroxylation is 1. The predicted molar refractivity (Wildman–Crippen MR) is 118 cm³/mol. The van der Waals surface area contributed by atoms with Gasteiger partial charge in [-0.1, -0.05) is 12.1 Å². The van der Waals surface area contributed by atoms with Crippen LogP contribution >= 0.6 is 22.7 Å². The molecule has 0 saturated carbocycles. The molecule has 0 radical (unpaired) electrons. The van der Waals surface area contributed by atoms with E-state index in [9.17, 15) is 13.2 Å². The number of hydrogen-bond donors (Lipinski definition) is 2. The second-order valence-electron chi connectivity index (χ2n) is 6.37. The van der Waals surface area contributed by atoms with Crippen molar-refractivity contribution in [3.63, 3.8) is 0 Å². The first-order valence-electron chi connectivity index (χ1n) is 8.71. The number of nitrogens with one attached hydrogen (secondary N) is 2. The Hall–Kier alpha value is -2.59. The first-order chi connectivity index (χ1) is 13.9. The molecule has 0 atom stereocenters. The molecule has 6 nitrogen and oxygen atoms in total. The standard InChI is InChI=1S/C20H17N3O3S3/c1-13-4-9-16-17(11-13)28-20(23-16)14-5-7-15(8-6-14)22-18(24)12-21-29(25,26)19-3-2-10-27-19/h2-11,21H,12H2,1H3,(H,22,24). The third kappa shape index (κ3) is 4.54. The van der Waals surface area contributed by atoms with Crippen molar-refractivity contribution in [1.29, 1.82) is 0 Å². The van der Waals surface area contributed by atoms with E-state index in [2.05, 4.69) is 28.0 Å². The van der Waals surface area contributed by atoms with Gasteiger partial charge in [-0.2, -0.15) is 0 Å². The molecule has 0 unspecified atom stereocenters. The summed E-state index contributed by atoms with van der Waals surface area (Å²) in [5.41, 5.74) is 3.71. The minimum Gasteiger partial charge on any atom is -0.325 e. The van der Waals surface area contributed by atoms with Gasteiger partial charge in [0.05, 0.1) is 16.8 Å². The van der Waals surface area contributed by atoms with Crippen LogP contribution in [0.5, 0.6) is 0 Å². The number of carbonyl (C=O) groups is 1. The molecule has 148 valence electrons. The van der Waals surface area contributed by atoms with E-state index in [0.717, 1.165) is 32.1 Å². The summed E-state index contributed by atoms with van der Waals surface area (Å²) >= 11 is 2.72. The maximum atomic E-state index is 12.1. The van der Waals surface area contributed by atoms with E-state index in [-0.39, 0.29) is 10.8 Å². The molecule has 2 N–H and O–H groups in total. The van der Waals surface area contributed by atoms with Crippen molar-refractivity contribution < 1.29 is 13.2 Å². The number of amides is 1. The van der Waals surface area contributed by atoms with Gasteiger partial charge in [0.2, 0.25) is 5.91 Å². The van der Waals surface area contributed by atoms with Crippen molar-refractivity contribution in [2.75, 3.05) is 11.9 Å². The Labute approximate surface area is 176 Å². The maximum Gasteiger partial charge on any atom is 0.250 e. The molecule has 0 spiro atoms. The quantitative estimate of drug-likeness (QED) is 0.466. The summed E-state index contributed by atoms with van der Waals surface area (Å²) in [6, 6.07) is 16.6. The van der Waals surface area contributed by atoms with Crippen molar-refractivity contribution in [3.05, 3.63) is 65.5 Å². The zero-order valence-corrected chi connectivity index (χ0v) is 17.8. The van der Waals surface area contributed by atoms with E-state index in [1.165, 1.54) is 11.6 Å². The number of thiazole rings is 1. The van der Waals surface area contributed by atoms with E-state index >= 15 is 0 Å². The lowest BCUT2D eigenvalue weighted by molar-refractivity contribution is -0.115. The van der Waals surface area contributed by atoms with Crippen LogP contribution in [0, 0.1) is 6.92 Å². The smallest absolute Gasteiger partial charge is 0.250 e. The van der Waals surface area contributed by atoms with Crippen molar-refractivity contribution in [1.82, 2.24) is 9.71 Å². The zero-order valence-electron chi connectivity index (χ0n) is 15.4. The Morgan fingerprint density at radius 3 is 2.62 bits per heavy atom. The fourth-order valence-corrected chi connectivity index (χ4v) is 5.79. The summed E-state index contributed by atoms with van der Waals surface area (Å²) in [6.07, 6.45) is 0. The van der Waals surface area contributed by atoms with Crippen LogP contribution in [-0.4, -0.2) is 25.9 Å². The van der Waals surface area contributed by atoms with Gasteiger partial charge < -0.3 is 5.32 Å². The molecule has 29 heavy (non-hydrogen) atoms. The van der Waals surface area contributed by atoms with Gasteiger partial charge in [-0.3, -0.25) is 4.79 Å². The molecule has 2 heterocycles. The molecule has 0 fully saturated rings. The largest absolute Gasteiger partial charge is 0.325 e. The fourth-order valence-electron chi connectivity index (χ4n) is 2.70. The van der Waals surface area contributed by atoms with Crippen molar-refractivity contribution in [3.8, 4) is 10.6 Å². The number of rotatable bonds is 6. The van der Waals surface area contributed by atoms with Gasteiger partial charge >= 0.3 is 0 Å². The third-order valence-electron chi connectivity index (χ3n) is 4.14. The number of sulfonamides is 1. The van der Waals surface area contributed by atoms with Crippen molar-refractivity contribution in [2.24, 2.45) is 0 Å². The van der Waals surface area contributed by atoms with Crippen LogP contribution < -0.4 is 10.0 Å². The highest BCUT2D eigenvalue weighted by Crippen LogP contribution is 2.31. The first-order valence-corrected chi connectivity index (χ1v) is 11.9. The minimum absolute atomic E-state index is 0.181. The molecule has 0 aliphatic rings. The molecule has 4 rings (SSSR count). The summed E-state index contributed by atoms with van der Waals surface area (Å²) in [7, 11) is -3.66. The van der Waals surface area contributed by atoms with Gasteiger partial charge in [0.25, 0.3) is 10.0 Å². The van der Waals surface area contributed by atoms with Crippen LogP contribution in [-0.2, 0) is 14.8 Å². The molecular formula is C20H17N3O3S3. The summed E-state index contributed by atoms with van der Waals surface area (Å²) in [5, 5.41) is 5.27.